The number of hydrogen-bond donors (Lipinski definition) is 0. The number of likely N-dealkylation sites (N-methyl/N-ethyl adjacent to an activating group) is 1. The topological polar surface area (TPSA) is 59.8 Å². The van der Waals surface area contributed by atoms with Gasteiger partial charge in [0, 0.05) is 18.0 Å². The van der Waals surface area contributed by atoms with Gasteiger partial charge in [-0.25, -0.2) is 4.79 Å². The summed E-state index contributed by atoms with van der Waals surface area (Å²) in [5.41, 5.74) is 0.804. The van der Waals surface area contributed by atoms with Crippen molar-refractivity contribution in [2.75, 3.05) is 18.1 Å². The number of furan rings is 1. The summed E-state index contributed by atoms with van der Waals surface area (Å²) in [7, 11) is 0. The molecule has 0 unspecified atom stereocenters. The third-order valence-electron chi connectivity index (χ3n) is 4.16. The van der Waals surface area contributed by atoms with Gasteiger partial charge in [-0.05, 0) is 43.5 Å². The Morgan fingerprint density at radius 1 is 1.07 bits per heavy atom. The first-order valence-corrected chi connectivity index (χ1v) is 8.78. The van der Waals surface area contributed by atoms with E-state index >= 15 is 0 Å². The van der Waals surface area contributed by atoms with Crippen molar-refractivity contribution in [3.63, 3.8) is 0 Å². The minimum atomic E-state index is -0.591. The van der Waals surface area contributed by atoms with Crippen LogP contribution in [0.4, 0.5) is 5.69 Å². The zero-order valence-corrected chi connectivity index (χ0v) is 15.3. The first kappa shape index (κ1) is 18.5. The lowest BCUT2D eigenvalue weighted by molar-refractivity contribution is -0.142. The van der Waals surface area contributed by atoms with Crippen LogP contribution in [0.1, 0.15) is 18.4 Å². The van der Waals surface area contributed by atoms with Gasteiger partial charge in [-0.3, -0.25) is 4.79 Å². The smallest absolute Gasteiger partial charge is 0.331 e. The minimum Gasteiger partial charge on any atom is -0.462 e. The molecule has 0 aliphatic rings. The van der Waals surface area contributed by atoms with E-state index in [0.29, 0.717) is 12.3 Å². The van der Waals surface area contributed by atoms with E-state index in [2.05, 4.69) is 0 Å². The SMILES string of the molecule is CCN(C(=O)COC(=O)C=Cc1ccc(C)o1)c1cccc2ccccc12. The number of aryl methyl sites for hydroxylation is 1. The molecular formula is C22H21NO4. The monoisotopic (exact) mass is 363 g/mol. The first-order valence-electron chi connectivity index (χ1n) is 8.78. The van der Waals surface area contributed by atoms with Crippen molar-refractivity contribution >= 4 is 34.4 Å². The maximum absolute atomic E-state index is 12.6. The van der Waals surface area contributed by atoms with Crippen LogP contribution in [0.25, 0.3) is 16.8 Å². The molecule has 2 aromatic carbocycles. The van der Waals surface area contributed by atoms with E-state index in [1.54, 1.807) is 17.0 Å². The number of esters is 1. The summed E-state index contributed by atoms with van der Waals surface area (Å²) in [5, 5.41) is 2.03. The van der Waals surface area contributed by atoms with Gasteiger partial charge in [0.2, 0.25) is 0 Å². The van der Waals surface area contributed by atoms with E-state index in [0.717, 1.165) is 22.2 Å². The number of ether oxygens (including phenoxy) is 1. The van der Waals surface area contributed by atoms with Crippen LogP contribution in [0.2, 0.25) is 0 Å². The largest absolute Gasteiger partial charge is 0.462 e. The highest BCUT2D eigenvalue weighted by Gasteiger charge is 2.17. The number of fused-ring (bicyclic) bond motifs is 1. The Hall–Kier alpha value is -3.34. The maximum atomic E-state index is 12.6. The molecule has 1 aromatic heterocycles. The molecule has 0 spiro atoms. The summed E-state index contributed by atoms with van der Waals surface area (Å²) >= 11 is 0. The van der Waals surface area contributed by atoms with Crippen molar-refractivity contribution in [2.45, 2.75) is 13.8 Å². The quantitative estimate of drug-likeness (QED) is 0.482. The number of benzene rings is 2. The highest BCUT2D eigenvalue weighted by atomic mass is 16.5. The summed E-state index contributed by atoms with van der Waals surface area (Å²) in [6.45, 7) is 3.87. The summed E-state index contributed by atoms with van der Waals surface area (Å²) in [6.07, 6.45) is 2.77. The van der Waals surface area contributed by atoms with Gasteiger partial charge in [0.1, 0.15) is 11.5 Å². The molecule has 0 N–H and O–H groups in total. The molecule has 5 nitrogen and oxygen atoms in total. The summed E-state index contributed by atoms with van der Waals surface area (Å²) in [4.78, 5) is 26.1. The van der Waals surface area contributed by atoms with Crippen LogP contribution in [-0.4, -0.2) is 25.0 Å². The molecule has 0 aliphatic carbocycles. The normalized spacial score (nSPS) is 11.0. The van der Waals surface area contributed by atoms with Crippen molar-refractivity contribution in [1.29, 1.82) is 0 Å². The van der Waals surface area contributed by atoms with Gasteiger partial charge in [-0.2, -0.15) is 0 Å². The molecule has 0 aliphatic heterocycles. The van der Waals surface area contributed by atoms with Crippen molar-refractivity contribution < 1.29 is 18.7 Å². The fourth-order valence-corrected chi connectivity index (χ4v) is 2.88. The molecular weight excluding hydrogens is 342 g/mol. The molecule has 0 fully saturated rings. The molecule has 27 heavy (non-hydrogen) atoms. The van der Waals surface area contributed by atoms with Crippen molar-refractivity contribution in [3.05, 3.63) is 72.2 Å². The predicted molar refractivity (Wildman–Crippen MR) is 105 cm³/mol. The number of anilines is 1. The van der Waals surface area contributed by atoms with Crippen molar-refractivity contribution in [1.82, 2.24) is 0 Å². The molecule has 1 heterocycles. The Morgan fingerprint density at radius 2 is 1.85 bits per heavy atom. The molecule has 0 saturated carbocycles. The second-order valence-corrected chi connectivity index (χ2v) is 6.03. The van der Waals surface area contributed by atoms with Gasteiger partial charge in [0.15, 0.2) is 6.61 Å². The zero-order valence-electron chi connectivity index (χ0n) is 15.3. The number of amides is 1. The van der Waals surface area contributed by atoms with Gasteiger partial charge in [0.05, 0.1) is 5.69 Å². The fourth-order valence-electron chi connectivity index (χ4n) is 2.88. The number of hydrogen-bond acceptors (Lipinski definition) is 4. The lowest BCUT2D eigenvalue weighted by Gasteiger charge is -2.22. The summed E-state index contributed by atoms with van der Waals surface area (Å²) < 4.78 is 10.4. The van der Waals surface area contributed by atoms with Crippen LogP contribution in [0.3, 0.4) is 0 Å². The summed E-state index contributed by atoms with van der Waals surface area (Å²) in [6, 6.07) is 17.2. The molecule has 0 bridgehead atoms. The third kappa shape index (κ3) is 4.44. The molecule has 5 heteroatoms. The van der Waals surface area contributed by atoms with E-state index < -0.39 is 5.97 Å². The number of carbonyl (C=O) groups is 2. The van der Waals surface area contributed by atoms with Crippen molar-refractivity contribution in [3.8, 4) is 0 Å². The van der Waals surface area contributed by atoms with Gasteiger partial charge in [-0.15, -0.1) is 0 Å². The second kappa shape index (κ2) is 8.36. The highest BCUT2D eigenvalue weighted by Crippen LogP contribution is 2.26. The lowest BCUT2D eigenvalue weighted by atomic mass is 10.1. The Morgan fingerprint density at radius 3 is 2.59 bits per heavy atom. The lowest BCUT2D eigenvalue weighted by Crippen LogP contribution is -2.34. The Bertz CT molecular complexity index is 981. The molecule has 3 rings (SSSR count). The zero-order chi connectivity index (χ0) is 19.2. The Balaban J connectivity index is 1.66. The average molecular weight is 363 g/mol. The molecule has 0 saturated heterocycles. The standard InChI is InChI=1S/C22H21NO4/c1-3-23(20-10-6-8-17-7-4-5-9-19(17)20)21(24)15-26-22(25)14-13-18-12-11-16(2)27-18/h4-14H,3,15H2,1-2H3. The third-order valence-corrected chi connectivity index (χ3v) is 4.16. The van der Waals surface area contributed by atoms with Crippen molar-refractivity contribution in [2.24, 2.45) is 0 Å². The number of nitrogens with zero attached hydrogens (tertiary/aromatic N) is 1. The van der Waals surface area contributed by atoms with Gasteiger partial charge in [-0.1, -0.05) is 36.4 Å². The van der Waals surface area contributed by atoms with Gasteiger partial charge >= 0.3 is 5.97 Å². The van der Waals surface area contributed by atoms with E-state index in [-0.39, 0.29) is 12.5 Å². The van der Waals surface area contributed by atoms with Gasteiger partial charge in [0.25, 0.3) is 5.91 Å². The second-order valence-electron chi connectivity index (χ2n) is 6.03. The molecule has 3 aromatic rings. The fraction of sp³-hybridized carbons (Fsp3) is 0.182. The molecule has 138 valence electrons. The van der Waals surface area contributed by atoms with Crippen LogP contribution >= 0.6 is 0 Å². The van der Waals surface area contributed by atoms with E-state index in [9.17, 15) is 9.59 Å². The molecule has 0 radical (unpaired) electrons. The number of rotatable bonds is 6. The summed E-state index contributed by atoms with van der Waals surface area (Å²) in [5.74, 6) is 0.449. The van der Waals surface area contributed by atoms with E-state index in [1.165, 1.54) is 12.2 Å². The van der Waals surface area contributed by atoms with Gasteiger partial charge < -0.3 is 14.1 Å². The maximum Gasteiger partial charge on any atom is 0.331 e. The van der Waals surface area contributed by atoms with Crippen LogP contribution in [-0.2, 0) is 14.3 Å². The first-order chi connectivity index (χ1) is 13.1. The Labute approximate surface area is 157 Å². The Kier molecular flexibility index (Phi) is 5.71. The van der Waals surface area contributed by atoms with Crippen LogP contribution in [0, 0.1) is 6.92 Å². The van der Waals surface area contributed by atoms with Crippen LogP contribution in [0.5, 0.6) is 0 Å². The highest BCUT2D eigenvalue weighted by molar-refractivity contribution is 6.04. The van der Waals surface area contributed by atoms with Crippen LogP contribution in [0.15, 0.2) is 65.1 Å². The number of carbonyl (C=O) groups excluding carboxylic acids is 2. The van der Waals surface area contributed by atoms with E-state index in [4.69, 9.17) is 9.15 Å². The average Bonchev–Trinajstić information content (AvgIpc) is 3.11. The minimum absolute atomic E-state index is 0.274. The van der Waals surface area contributed by atoms with Crippen LogP contribution < -0.4 is 4.90 Å². The van der Waals surface area contributed by atoms with E-state index in [1.807, 2.05) is 56.3 Å². The predicted octanol–water partition coefficient (Wildman–Crippen LogP) is 4.35. The molecule has 0 atom stereocenters. The molecule has 1 amide bonds.